The molecule has 0 radical (unpaired) electrons. The molecule has 1 N–H and O–H groups in total. The third-order valence-electron chi connectivity index (χ3n) is 4.00. The predicted octanol–water partition coefficient (Wildman–Crippen LogP) is 3.05. The quantitative estimate of drug-likeness (QED) is 0.626. The number of pyridine rings is 1. The van der Waals surface area contributed by atoms with Gasteiger partial charge in [-0.3, -0.25) is 4.98 Å². The Morgan fingerprint density at radius 3 is 2.79 bits per heavy atom. The van der Waals surface area contributed by atoms with E-state index < -0.39 is 0 Å². The van der Waals surface area contributed by atoms with Crippen LogP contribution in [0, 0.1) is 0 Å². The monoisotopic (exact) mass is 316 g/mol. The molecular weight excluding hydrogens is 300 g/mol. The van der Waals surface area contributed by atoms with Crippen LogP contribution in [-0.4, -0.2) is 32.7 Å². The van der Waals surface area contributed by atoms with Gasteiger partial charge in [0.25, 0.3) is 0 Å². The Hall–Kier alpha value is -3.28. The molecule has 0 unspecified atom stereocenters. The average molecular weight is 316 g/mol. The maximum atomic E-state index is 4.47. The molecule has 24 heavy (non-hydrogen) atoms. The summed E-state index contributed by atoms with van der Waals surface area (Å²) in [5, 5.41) is 16.6. The molecule has 0 aliphatic carbocycles. The molecule has 0 aliphatic rings. The first-order valence-electron chi connectivity index (χ1n) is 7.69. The standard InChI is InChI=1S/C18H16N6/c1-24(17-8-4-6-13-5-2-3-7-16(13)17)12-15-11-14(9-10-19-15)18-20-22-23-21-18/h2-11H,12H2,1H3,(H,20,21,22,23). The van der Waals surface area contributed by atoms with E-state index in [4.69, 9.17) is 0 Å². The zero-order chi connectivity index (χ0) is 16.4. The van der Waals surface area contributed by atoms with Gasteiger partial charge in [0, 0.05) is 29.9 Å². The van der Waals surface area contributed by atoms with Crippen LogP contribution in [0.15, 0.2) is 60.8 Å². The third kappa shape index (κ3) is 2.69. The fourth-order valence-electron chi connectivity index (χ4n) is 2.86. The minimum absolute atomic E-state index is 0.575. The van der Waals surface area contributed by atoms with Gasteiger partial charge in [-0.2, -0.15) is 5.21 Å². The molecular formula is C18H16N6. The summed E-state index contributed by atoms with van der Waals surface area (Å²) in [7, 11) is 2.07. The van der Waals surface area contributed by atoms with E-state index in [1.807, 2.05) is 12.1 Å². The molecule has 2 heterocycles. The maximum absolute atomic E-state index is 4.47. The number of aromatic amines is 1. The molecule has 2 aromatic heterocycles. The van der Waals surface area contributed by atoms with Gasteiger partial charge in [-0.1, -0.05) is 36.4 Å². The van der Waals surface area contributed by atoms with Crippen molar-refractivity contribution in [2.75, 3.05) is 11.9 Å². The van der Waals surface area contributed by atoms with Crippen molar-refractivity contribution < 1.29 is 0 Å². The van der Waals surface area contributed by atoms with E-state index in [-0.39, 0.29) is 0 Å². The molecule has 6 heteroatoms. The van der Waals surface area contributed by atoms with Gasteiger partial charge in [-0.05, 0) is 28.8 Å². The van der Waals surface area contributed by atoms with Gasteiger partial charge >= 0.3 is 0 Å². The lowest BCUT2D eigenvalue weighted by Crippen LogP contribution is -2.17. The number of rotatable bonds is 4. The van der Waals surface area contributed by atoms with E-state index in [0.29, 0.717) is 12.4 Å². The van der Waals surface area contributed by atoms with Gasteiger partial charge in [-0.15, -0.1) is 10.2 Å². The lowest BCUT2D eigenvalue weighted by molar-refractivity contribution is 0.881. The molecule has 118 valence electrons. The van der Waals surface area contributed by atoms with Gasteiger partial charge in [0.15, 0.2) is 0 Å². The molecule has 4 rings (SSSR count). The van der Waals surface area contributed by atoms with Crippen LogP contribution in [0.4, 0.5) is 5.69 Å². The van der Waals surface area contributed by atoms with Gasteiger partial charge < -0.3 is 4.90 Å². The van der Waals surface area contributed by atoms with Gasteiger partial charge in [0.05, 0.1) is 12.2 Å². The lowest BCUT2D eigenvalue weighted by atomic mass is 10.1. The molecule has 0 saturated carbocycles. The molecule has 0 amide bonds. The molecule has 6 nitrogen and oxygen atoms in total. The highest BCUT2D eigenvalue weighted by atomic mass is 15.5. The number of hydrogen-bond acceptors (Lipinski definition) is 5. The predicted molar refractivity (Wildman–Crippen MR) is 93.5 cm³/mol. The van der Waals surface area contributed by atoms with Crippen LogP contribution in [0.2, 0.25) is 0 Å². The summed E-state index contributed by atoms with van der Waals surface area (Å²) in [4.78, 5) is 6.67. The zero-order valence-corrected chi connectivity index (χ0v) is 13.2. The second kappa shape index (κ2) is 6.08. The lowest BCUT2D eigenvalue weighted by Gasteiger charge is -2.21. The van der Waals surface area contributed by atoms with Crippen LogP contribution in [0.25, 0.3) is 22.2 Å². The molecule has 0 spiro atoms. The number of H-pyrrole nitrogens is 1. The Balaban J connectivity index is 1.64. The summed E-state index contributed by atoms with van der Waals surface area (Å²) in [6.45, 7) is 0.694. The van der Waals surface area contributed by atoms with Crippen molar-refractivity contribution in [1.29, 1.82) is 0 Å². The van der Waals surface area contributed by atoms with Crippen LogP contribution in [0.1, 0.15) is 5.69 Å². The Morgan fingerprint density at radius 1 is 1.04 bits per heavy atom. The van der Waals surface area contributed by atoms with E-state index in [1.54, 1.807) is 6.20 Å². The average Bonchev–Trinajstić information content (AvgIpc) is 3.16. The van der Waals surface area contributed by atoms with Crippen molar-refractivity contribution >= 4 is 16.5 Å². The number of nitrogens with one attached hydrogen (secondary N) is 1. The van der Waals surface area contributed by atoms with Crippen molar-refractivity contribution in [3.8, 4) is 11.4 Å². The third-order valence-corrected chi connectivity index (χ3v) is 4.00. The molecule has 2 aromatic carbocycles. The Kier molecular flexibility index (Phi) is 3.63. The second-order valence-electron chi connectivity index (χ2n) is 5.63. The van der Waals surface area contributed by atoms with Crippen LogP contribution < -0.4 is 4.90 Å². The van der Waals surface area contributed by atoms with Crippen LogP contribution in [0.3, 0.4) is 0 Å². The SMILES string of the molecule is CN(Cc1cc(-c2nn[nH]n2)ccn1)c1cccc2ccccc12. The van der Waals surface area contributed by atoms with Crippen molar-refractivity contribution in [3.63, 3.8) is 0 Å². The smallest absolute Gasteiger partial charge is 0.204 e. The number of tetrazole rings is 1. The summed E-state index contributed by atoms with van der Waals surface area (Å²) >= 11 is 0. The first-order valence-corrected chi connectivity index (χ1v) is 7.69. The molecule has 0 fully saturated rings. The van der Waals surface area contributed by atoms with E-state index in [0.717, 1.165) is 11.3 Å². The highest BCUT2D eigenvalue weighted by Gasteiger charge is 2.09. The van der Waals surface area contributed by atoms with Crippen LogP contribution in [-0.2, 0) is 6.54 Å². The Labute approximate surface area is 139 Å². The summed E-state index contributed by atoms with van der Waals surface area (Å²) in [6.07, 6.45) is 1.78. The van der Waals surface area contributed by atoms with E-state index in [9.17, 15) is 0 Å². The number of anilines is 1. The maximum Gasteiger partial charge on any atom is 0.204 e. The number of aromatic nitrogens is 5. The van der Waals surface area contributed by atoms with Crippen LogP contribution >= 0.6 is 0 Å². The summed E-state index contributed by atoms with van der Waals surface area (Å²) in [5.74, 6) is 0.575. The molecule has 4 aromatic rings. The number of nitrogens with zero attached hydrogens (tertiary/aromatic N) is 5. The summed E-state index contributed by atoms with van der Waals surface area (Å²) in [5.41, 5.74) is 3.03. The fraction of sp³-hybridized carbons (Fsp3) is 0.111. The van der Waals surface area contributed by atoms with Crippen molar-refractivity contribution in [1.82, 2.24) is 25.6 Å². The minimum Gasteiger partial charge on any atom is -0.368 e. The highest BCUT2D eigenvalue weighted by molar-refractivity contribution is 5.94. The molecule has 0 atom stereocenters. The first-order chi connectivity index (χ1) is 11.8. The topological polar surface area (TPSA) is 70.6 Å². The second-order valence-corrected chi connectivity index (χ2v) is 5.63. The first kappa shape index (κ1) is 14.3. The van der Waals surface area contributed by atoms with Crippen molar-refractivity contribution in [2.24, 2.45) is 0 Å². The zero-order valence-electron chi connectivity index (χ0n) is 13.2. The largest absolute Gasteiger partial charge is 0.368 e. The van der Waals surface area contributed by atoms with Gasteiger partial charge in [0.1, 0.15) is 0 Å². The normalized spacial score (nSPS) is 10.9. The molecule has 0 bridgehead atoms. The van der Waals surface area contributed by atoms with Gasteiger partial charge in [-0.25, -0.2) is 0 Å². The molecule has 0 aliphatic heterocycles. The van der Waals surface area contributed by atoms with E-state index in [1.165, 1.54) is 16.5 Å². The van der Waals surface area contributed by atoms with E-state index in [2.05, 4.69) is 80.0 Å². The minimum atomic E-state index is 0.575. The highest BCUT2D eigenvalue weighted by Crippen LogP contribution is 2.27. The Morgan fingerprint density at radius 2 is 1.92 bits per heavy atom. The van der Waals surface area contributed by atoms with E-state index >= 15 is 0 Å². The number of benzene rings is 2. The van der Waals surface area contributed by atoms with Crippen molar-refractivity contribution in [2.45, 2.75) is 6.54 Å². The number of fused-ring (bicyclic) bond motifs is 1. The summed E-state index contributed by atoms with van der Waals surface area (Å²) in [6, 6.07) is 18.6. The Bertz CT molecular complexity index is 959. The molecule has 0 saturated heterocycles. The van der Waals surface area contributed by atoms with Gasteiger partial charge in [0.2, 0.25) is 5.82 Å². The van der Waals surface area contributed by atoms with Crippen molar-refractivity contribution in [3.05, 3.63) is 66.5 Å². The number of hydrogen-bond donors (Lipinski definition) is 1. The fourth-order valence-corrected chi connectivity index (χ4v) is 2.86. The van der Waals surface area contributed by atoms with Crippen LogP contribution in [0.5, 0.6) is 0 Å². The summed E-state index contributed by atoms with van der Waals surface area (Å²) < 4.78 is 0.